The maximum atomic E-state index is 6.14. The average Bonchev–Trinajstić information content (AvgIpc) is 3.03. The SMILES string of the molecule is Cl.Cl.c1ccc(COC2CCCN(Cc3cc4n(n3)CCNC4)C2)cc1. The van der Waals surface area contributed by atoms with Gasteiger partial charge in [0.15, 0.2) is 0 Å². The number of nitrogens with one attached hydrogen (secondary N) is 1. The first-order valence-corrected chi connectivity index (χ1v) is 9.01. The van der Waals surface area contributed by atoms with E-state index in [0.29, 0.717) is 12.7 Å². The van der Waals surface area contributed by atoms with Crippen molar-refractivity contribution in [3.63, 3.8) is 0 Å². The first kappa shape index (κ1) is 21.2. The molecule has 26 heavy (non-hydrogen) atoms. The third kappa shape index (κ3) is 5.44. The van der Waals surface area contributed by atoms with E-state index in [1.165, 1.54) is 23.4 Å². The largest absolute Gasteiger partial charge is 0.372 e. The van der Waals surface area contributed by atoms with Gasteiger partial charge < -0.3 is 10.1 Å². The minimum Gasteiger partial charge on any atom is -0.372 e. The minimum absolute atomic E-state index is 0. The summed E-state index contributed by atoms with van der Waals surface area (Å²) in [5, 5.41) is 8.16. The average molecular weight is 399 g/mol. The van der Waals surface area contributed by atoms with Crippen LogP contribution in [0.2, 0.25) is 0 Å². The molecule has 1 fully saturated rings. The summed E-state index contributed by atoms with van der Waals surface area (Å²) in [6.07, 6.45) is 2.69. The molecule has 144 valence electrons. The highest BCUT2D eigenvalue weighted by molar-refractivity contribution is 5.85. The van der Waals surface area contributed by atoms with E-state index >= 15 is 0 Å². The Kier molecular flexibility index (Phi) is 8.38. The van der Waals surface area contributed by atoms with E-state index in [1.807, 2.05) is 6.07 Å². The normalized spacial score (nSPS) is 19.9. The molecule has 3 heterocycles. The lowest BCUT2D eigenvalue weighted by Crippen LogP contribution is -2.39. The Morgan fingerprint density at radius 2 is 2.00 bits per heavy atom. The second-order valence-corrected chi connectivity index (χ2v) is 6.82. The van der Waals surface area contributed by atoms with Crippen molar-refractivity contribution in [2.75, 3.05) is 19.6 Å². The molecular weight excluding hydrogens is 371 g/mol. The zero-order valence-corrected chi connectivity index (χ0v) is 16.6. The number of piperidine rings is 1. The lowest BCUT2D eigenvalue weighted by atomic mass is 10.1. The fourth-order valence-corrected chi connectivity index (χ4v) is 3.64. The fraction of sp³-hybridized carbons (Fsp3) is 0.526. The Morgan fingerprint density at radius 1 is 1.15 bits per heavy atom. The van der Waals surface area contributed by atoms with Crippen LogP contribution in [0, 0.1) is 0 Å². The Hall–Kier alpha value is -1.11. The van der Waals surface area contributed by atoms with Crippen molar-refractivity contribution in [2.45, 2.75) is 45.2 Å². The van der Waals surface area contributed by atoms with Crippen molar-refractivity contribution >= 4 is 24.8 Å². The number of halogens is 2. The first-order chi connectivity index (χ1) is 11.9. The van der Waals surface area contributed by atoms with Gasteiger partial charge in [-0.15, -0.1) is 24.8 Å². The molecule has 0 spiro atoms. The summed E-state index contributed by atoms with van der Waals surface area (Å²) in [6.45, 7) is 6.75. The van der Waals surface area contributed by atoms with Gasteiger partial charge in [-0.1, -0.05) is 30.3 Å². The van der Waals surface area contributed by atoms with Crippen LogP contribution in [0.5, 0.6) is 0 Å². The van der Waals surface area contributed by atoms with Gasteiger partial charge in [0.2, 0.25) is 0 Å². The topological polar surface area (TPSA) is 42.3 Å². The molecule has 2 aliphatic rings. The number of hydrogen-bond donors (Lipinski definition) is 1. The molecule has 1 unspecified atom stereocenters. The van der Waals surface area contributed by atoms with Gasteiger partial charge >= 0.3 is 0 Å². The summed E-state index contributed by atoms with van der Waals surface area (Å²) in [5.74, 6) is 0. The van der Waals surface area contributed by atoms with E-state index in [1.54, 1.807) is 0 Å². The second-order valence-electron chi connectivity index (χ2n) is 6.82. The van der Waals surface area contributed by atoms with E-state index in [0.717, 1.165) is 45.7 Å². The van der Waals surface area contributed by atoms with Gasteiger partial charge in [-0.25, -0.2) is 0 Å². The molecule has 4 rings (SSSR count). The van der Waals surface area contributed by atoms with Crippen molar-refractivity contribution in [1.82, 2.24) is 20.0 Å². The van der Waals surface area contributed by atoms with E-state index in [9.17, 15) is 0 Å². The van der Waals surface area contributed by atoms with Crippen molar-refractivity contribution in [3.05, 3.63) is 53.3 Å². The molecule has 0 bridgehead atoms. The molecule has 2 aromatic rings. The van der Waals surface area contributed by atoms with Gasteiger partial charge in [0.25, 0.3) is 0 Å². The van der Waals surface area contributed by atoms with Crippen LogP contribution in [0.1, 0.15) is 29.8 Å². The van der Waals surface area contributed by atoms with Gasteiger partial charge in [-0.2, -0.15) is 5.10 Å². The number of rotatable bonds is 5. The van der Waals surface area contributed by atoms with E-state index in [4.69, 9.17) is 9.84 Å². The quantitative estimate of drug-likeness (QED) is 0.840. The zero-order chi connectivity index (χ0) is 16.2. The Morgan fingerprint density at radius 3 is 2.81 bits per heavy atom. The Bertz CT molecular complexity index is 641. The van der Waals surface area contributed by atoms with Gasteiger partial charge in [0, 0.05) is 26.2 Å². The third-order valence-corrected chi connectivity index (χ3v) is 4.90. The molecule has 0 radical (unpaired) electrons. The third-order valence-electron chi connectivity index (χ3n) is 4.90. The van der Waals surface area contributed by atoms with Crippen LogP contribution in [-0.4, -0.2) is 40.4 Å². The molecule has 0 saturated carbocycles. The predicted molar refractivity (Wildman–Crippen MR) is 108 cm³/mol. The molecule has 1 N–H and O–H groups in total. The number of aromatic nitrogens is 2. The summed E-state index contributed by atoms with van der Waals surface area (Å²) in [7, 11) is 0. The maximum absolute atomic E-state index is 6.14. The molecule has 5 nitrogen and oxygen atoms in total. The van der Waals surface area contributed by atoms with Crippen molar-refractivity contribution < 1.29 is 4.74 Å². The molecule has 0 aliphatic carbocycles. The number of likely N-dealkylation sites (tertiary alicyclic amines) is 1. The molecule has 1 aromatic carbocycles. The molecule has 1 saturated heterocycles. The summed E-state index contributed by atoms with van der Waals surface area (Å²) < 4.78 is 8.29. The van der Waals surface area contributed by atoms with Crippen molar-refractivity contribution in [1.29, 1.82) is 0 Å². The second kappa shape index (κ2) is 10.3. The first-order valence-electron chi connectivity index (χ1n) is 9.01. The molecular formula is C19H28Cl2N4O. The van der Waals surface area contributed by atoms with Gasteiger partial charge in [-0.3, -0.25) is 9.58 Å². The lowest BCUT2D eigenvalue weighted by molar-refractivity contribution is -0.0123. The van der Waals surface area contributed by atoms with Gasteiger partial charge in [0.1, 0.15) is 0 Å². The summed E-state index contributed by atoms with van der Waals surface area (Å²) in [6, 6.07) is 12.7. The summed E-state index contributed by atoms with van der Waals surface area (Å²) >= 11 is 0. The van der Waals surface area contributed by atoms with Crippen LogP contribution in [0.25, 0.3) is 0 Å². The zero-order valence-electron chi connectivity index (χ0n) is 15.0. The van der Waals surface area contributed by atoms with E-state index in [-0.39, 0.29) is 24.8 Å². The standard InChI is InChI=1S/C19H26N4O.2ClH/c1-2-5-16(6-3-1)15-24-19-7-4-9-22(14-19)13-17-11-18-12-20-8-10-23(18)21-17;;/h1-3,5-6,11,19-20H,4,7-10,12-15H2;2*1H. The van der Waals surface area contributed by atoms with Crippen molar-refractivity contribution in [3.8, 4) is 0 Å². The molecule has 2 aliphatic heterocycles. The van der Waals surface area contributed by atoms with Crippen LogP contribution in [0.15, 0.2) is 36.4 Å². The van der Waals surface area contributed by atoms with Crippen LogP contribution in [0.3, 0.4) is 0 Å². The molecule has 0 amide bonds. The maximum Gasteiger partial charge on any atom is 0.0768 e. The summed E-state index contributed by atoms with van der Waals surface area (Å²) in [5.41, 5.74) is 3.76. The lowest BCUT2D eigenvalue weighted by Gasteiger charge is -2.32. The molecule has 1 aromatic heterocycles. The van der Waals surface area contributed by atoms with Gasteiger partial charge in [-0.05, 0) is 31.0 Å². The highest BCUT2D eigenvalue weighted by Gasteiger charge is 2.22. The Labute approximate surface area is 167 Å². The minimum atomic E-state index is 0. The Balaban J connectivity index is 0.00000121. The highest BCUT2D eigenvalue weighted by Crippen LogP contribution is 2.18. The fourth-order valence-electron chi connectivity index (χ4n) is 3.64. The predicted octanol–water partition coefficient (Wildman–Crippen LogP) is 3.01. The highest BCUT2D eigenvalue weighted by atomic mass is 35.5. The van der Waals surface area contributed by atoms with Crippen molar-refractivity contribution in [2.24, 2.45) is 0 Å². The van der Waals surface area contributed by atoms with Crippen LogP contribution in [-0.2, 0) is 31.0 Å². The van der Waals surface area contributed by atoms with Crippen LogP contribution in [0.4, 0.5) is 0 Å². The van der Waals surface area contributed by atoms with Gasteiger partial charge in [0.05, 0.1) is 30.6 Å². The number of fused-ring (bicyclic) bond motifs is 1. The van der Waals surface area contributed by atoms with E-state index < -0.39 is 0 Å². The smallest absolute Gasteiger partial charge is 0.0768 e. The number of benzene rings is 1. The molecule has 1 atom stereocenters. The van der Waals surface area contributed by atoms with E-state index in [2.05, 4.69) is 45.2 Å². The number of hydrogen-bond acceptors (Lipinski definition) is 4. The molecule has 7 heteroatoms. The van der Waals surface area contributed by atoms with Crippen LogP contribution < -0.4 is 5.32 Å². The van der Waals surface area contributed by atoms with Crippen LogP contribution >= 0.6 is 24.8 Å². The monoisotopic (exact) mass is 398 g/mol. The number of nitrogens with zero attached hydrogens (tertiary/aromatic N) is 3. The number of ether oxygens (including phenoxy) is 1. The summed E-state index contributed by atoms with van der Waals surface area (Å²) in [4.78, 5) is 2.49.